The van der Waals surface area contributed by atoms with E-state index in [0.29, 0.717) is 11.8 Å². The minimum atomic E-state index is 0.582. The second-order valence-corrected chi connectivity index (χ2v) is 4.23. The first kappa shape index (κ1) is 32.7. The van der Waals surface area contributed by atoms with Crippen molar-refractivity contribution in [2.45, 2.75) is 26.7 Å². The zero-order valence-electron chi connectivity index (χ0n) is 12.5. The van der Waals surface area contributed by atoms with Gasteiger partial charge in [0.25, 0.3) is 0 Å². The van der Waals surface area contributed by atoms with Crippen LogP contribution in [0.25, 0.3) is 0 Å². The second kappa shape index (κ2) is 32.0. The van der Waals surface area contributed by atoms with Gasteiger partial charge in [-0.15, -0.1) is 0 Å². The third-order valence-electron chi connectivity index (χ3n) is 2.56. The molecular formula is C15H16CrO6. The first-order valence-corrected chi connectivity index (χ1v) is 6.04. The Hall–Kier alpha value is -1.20. The Morgan fingerprint density at radius 3 is 1.68 bits per heavy atom. The predicted octanol–water partition coefficient (Wildman–Crippen LogP) is 2.11. The summed E-state index contributed by atoms with van der Waals surface area (Å²) in [7, 11) is 1.74. The van der Waals surface area contributed by atoms with Crippen LogP contribution in [-0.4, -0.2) is 11.7 Å². The summed E-state index contributed by atoms with van der Waals surface area (Å²) in [4.78, 5) is 0. The summed E-state index contributed by atoms with van der Waals surface area (Å²) in [5.41, 5.74) is 1.52. The summed E-state index contributed by atoms with van der Waals surface area (Å²) in [6.45, 7) is 27.0. The fraction of sp³-hybridized carbons (Fsp3) is 0.467. The van der Waals surface area contributed by atoms with E-state index in [1.807, 2.05) is 0 Å². The predicted molar refractivity (Wildman–Crippen MR) is 67.3 cm³/mol. The average molecular weight is 344 g/mol. The molecular weight excluding hydrogens is 328 g/mol. The number of methoxy groups -OCH3 is 1. The van der Waals surface area contributed by atoms with Crippen molar-refractivity contribution in [2.24, 2.45) is 11.8 Å². The zero-order chi connectivity index (χ0) is 19.1. The average Bonchev–Trinajstić information content (AvgIpc) is 2.63. The normalized spacial score (nSPS) is 16.7. The molecule has 0 aliphatic heterocycles. The molecule has 0 aromatic carbocycles. The molecule has 0 radical (unpaired) electrons. The van der Waals surface area contributed by atoms with E-state index in [2.05, 4.69) is 69.0 Å². The molecule has 0 unspecified atom stereocenters. The van der Waals surface area contributed by atoms with Gasteiger partial charge in [-0.1, -0.05) is 0 Å². The molecule has 0 bridgehead atoms. The van der Waals surface area contributed by atoms with Crippen molar-refractivity contribution >= 4 is 4.57 Å². The fourth-order valence-corrected chi connectivity index (χ4v) is 2.29. The van der Waals surface area contributed by atoms with Crippen molar-refractivity contribution in [3.8, 4) is 0 Å². The van der Waals surface area contributed by atoms with Gasteiger partial charge in [-0.3, -0.25) is 0 Å². The standard InChI is InChI=1S/C10H16O.5CO.Cr/c1-8-4-5-10(7-11-3)9(2)6-8;5*1-2;/h4,9-10H,5-6H2,1-3H3;;;;;;/t9-,10+;;;;;;/m0....../s1. The summed E-state index contributed by atoms with van der Waals surface area (Å²) < 4.78 is 43.8. The van der Waals surface area contributed by atoms with Gasteiger partial charge in [0.2, 0.25) is 0 Å². The molecule has 7 heteroatoms. The molecule has 22 heavy (non-hydrogen) atoms. The fourth-order valence-electron chi connectivity index (χ4n) is 1.77. The van der Waals surface area contributed by atoms with Gasteiger partial charge < -0.3 is 0 Å². The number of allylic oxidation sites excluding steroid dienone is 2. The van der Waals surface area contributed by atoms with Crippen molar-refractivity contribution in [3.05, 3.63) is 44.9 Å². The Bertz CT molecular complexity index is 354. The molecule has 0 saturated carbocycles. The van der Waals surface area contributed by atoms with Crippen LogP contribution in [0.2, 0.25) is 0 Å². The summed E-state index contributed by atoms with van der Waals surface area (Å²) in [6, 6.07) is 0. The van der Waals surface area contributed by atoms with Crippen LogP contribution < -0.4 is 0 Å². The third-order valence-corrected chi connectivity index (χ3v) is 3.29. The van der Waals surface area contributed by atoms with Crippen LogP contribution in [0.4, 0.5) is 0 Å². The molecule has 0 saturated heterocycles. The van der Waals surface area contributed by atoms with Gasteiger partial charge >= 0.3 is 139 Å². The molecule has 1 aliphatic rings. The number of rotatable bonds is 2. The van der Waals surface area contributed by atoms with Crippen LogP contribution in [0, 0.1) is 45.1 Å². The third kappa shape index (κ3) is 18.8. The van der Waals surface area contributed by atoms with Gasteiger partial charge in [0.1, 0.15) is 0 Å². The Labute approximate surface area is 139 Å². The summed E-state index contributed by atoms with van der Waals surface area (Å²) >= 11 is 3.01. The van der Waals surface area contributed by atoms with Crippen molar-refractivity contribution in [3.63, 3.8) is 0 Å². The molecule has 118 valence electrons. The Morgan fingerprint density at radius 1 is 1.05 bits per heavy atom. The first-order valence-electron chi connectivity index (χ1n) is 5.40. The maximum absolute atomic E-state index is 7.50. The monoisotopic (exact) mass is 344 g/mol. The van der Waals surface area contributed by atoms with Gasteiger partial charge in [0.15, 0.2) is 0 Å². The van der Waals surface area contributed by atoms with Crippen LogP contribution in [0.5, 0.6) is 0 Å². The second-order valence-electron chi connectivity index (χ2n) is 3.60. The number of hydrogen-bond donors (Lipinski definition) is 0. The molecule has 6 nitrogen and oxygen atoms in total. The van der Waals surface area contributed by atoms with Gasteiger partial charge in [0, 0.05) is 0 Å². The van der Waals surface area contributed by atoms with Crippen molar-refractivity contribution in [1.82, 2.24) is 0 Å². The van der Waals surface area contributed by atoms with Crippen LogP contribution in [0.1, 0.15) is 26.7 Å². The van der Waals surface area contributed by atoms with Gasteiger partial charge in [-0.2, -0.15) is 0 Å². The first-order chi connectivity index (χ1) is 10.6. The zero-order valence-corrected chi connectivity index (χ0v) is 13.8. The molecule has 0 aromatic heterocycles. The summed E-state index contributed by atoms with van der Waals surface area (Å²) in [5.74, 6) is 1.30. The van der Waals surface area contributed by atoms with E-state index in [4.69, 9.17) is 28.0 Å². The van der Waals surface area contributed by atoms with Crippen LogP contribution in [0.3, 0.4) is 0 Å². The molecule has 0 amide bonds. The molecule has 0 heterocycles. The van der Waals surface area contributed by atoms with E-state index in [9.17, 15) is 0 Å². The van der Waals surface area contributed by atoms with E-state index in [1.165, 1.54) is 12.0 Å². The SMILES string of the molecule is CO[C](=[Cr])[C@H]1CC=C(C)C[C@@H]1C.[C-]#[O+].[C-]#[O+].[C-]#[O+].[C-]#[O+].[C-]#[O+]. The van der Waals surface area contributed by atoms with Gasteiger partial charge in [0.05, 0.1) is 0 Å². The van der Waals surface area contributed by atoms with E-state index in [0.717, 1.165) is 11.0 Å². The van der Waals surface area contributed by atoms with E-state index < -0.39 is 0 Å². The maximum atomic E-state index is 7.50. The van der Waals surface area contributed by atoms with E-state index in [-0.39, 0.29) is 0 Å². The van der Waals surface area contributed by atoms with Gasteiger partial charge in [-0.25, -0.2) is 0 Å². The molecule has 0 spiro atoms. The number of hydrogen-bond acceptors (Lipinski definition) is 1. The van der Waals surface area contributed by atoms with Crippen molar-refractivity contribution in [1.29, 1.82) is 0 Å². The molecule has 2 atom stereocenters. The van der Waals surface area contributed by atoms with E-state index >= 15 is 0 Å². The molecule has 0 N–H and O–H groups in total. The van der Waals surface area contributed by atoms with E-state index in [1.54, 1.807) is 7.11 Å². The Morgan fingerprint density at radius 2 is 1.41 bits per heavy atom. The molecule has 1 rings (SSSR count). The van der Waals surface area contributed by atoms with Crippen molar-refractivity contribution in [2.75, 3.05) is 7.11 Å². The molecule has 0 fully saturated rings. The van der Waals surface area contributed by atoms with Crippen LogP contribution in [-0.2, 0) is 43.8 Å². The van der Waals surface area contributed by atoms with Crippen molar-refractivity contribution < 1.29 is 43.8 Å². The summed E-state index contributed by atoms with van der Waals surface area (Å²) in [6.07, 6.45) is 4.66. The molecule has 0 aromatic rings. The van der Waals surface area contributed by atoms with Crippen LogP contribution in [0.15, 0.2) is 11.6 Å². The Kier molecular flexibility index (Phi) is 47.4. The van der Waals surface area contributed by atoms with Crippen LogP contribution >= 0.6 is 0 Å². The topological polar surface area (TPSA) is 109 Å². The quantitative estimate of drug-likeness (QED) is 0.427. The Balaban J connectivity index is -0.0000000822. The summed E-state index contributed by atoms with van der Waals surface area (Å²) in [5, 5.41) is 0. The number of ether oxygens (including phenoxy) is 1. The van der Waals surface area contributed by atoms with Gasteiger partial charge in [-0.05, 0) is 0 Å². The minimum absolute atomic E-state index is 0.582. The molecule has 1 aliphatic carbocycles.